The maximum atomic E-state index is 10.6. The lowest BCUT2D eigenvalue weighted by Gasteiger charge is -2.07. The predicted molar refractivity (Wildman–Crippen MR) is 36.3 cm³/mol. The highest BCUT2D eigenvalue weighted by atomic mass is 35.5. The zero-order chi connectivity index (χ0) is 9.72. The zero-order valence-electron chi connectivity index (χ0n) is 6.20. The number of carbonyl (C=O) groups is 3. The Bertz CT molecular complexity index is 212. The van der Waals surface area contributed by atoms with Crippen LogP contribution in [0.15, 0.2) is 0 Å². The number of aliphatic carboxylic acids is 1. The first-order chi connectivity index (χ1) is 5.50. The molecule has 0 aromatic rings. The summed E-state index contributed by atoms with van der Waals surface area (Å²) >= 11 is 4.98. The van der Waals surface area contributed by atoms with Gasteiger partial charge in [-0.15, -0.1) is 11.6 Å². The molecule has 0 aromatic heterocycles. The molecule has 1 unspecified atom stereocenters. The van der Waals surface area contributed by atoms with Crippen molar-refractivity contribution in [1.82, 2.24) is 0 Å². The summed E-state index contributed by atoms with van der Waals surface area (Å²) in [6.45, 7) is 1.47. The number of esters is 1. The maximum Gasteiger partial charge on any atom is 0.376 e. The number of carboxylic acid groups (broad SMARTS) is 1. The lowest BCUT2D eigenvalue weighted by molar-refractivity contribution is -0.304. The van der Waals surface area contributed by atoms with Crippen LogP contribution in [0.25, 0.3) is 0 Å². The smallest absolute Gasteiger partial charge is 0.376 e. The molecule has 0 aliphatic heterocycles. The van der Waals surface area contributed by atoms with Crippen LogP contribution in [0.1, 0.15) is 6.92 Å². The molecule has 0 rings (SSSR count). The van der Waals surface area contributed by atoms with Crippen LogP contribution in [0, 0.1) is 0 Å². The van der Waals surface area contributed by atoms with Crippen molar-refractivity contribution in [2.24, 2.45) is 0 Å². The molecule has 12 heavy (non-hydrogen) atoms. The van der Waals surface area contributed by atoms with Crippen LogP contribution in [-0.2, 0) is 19.1 Å². The summed E-state index contributed by atoms with van der Waals surface area (Å²) in [5.41, 5.74) is 0. The molecule has 6 heteroatoms. The minimum absolute atomic E-state index is 0.0127. The molecule has 0 aliphatic carbocycles. The molecule has 0 amide bonds. The molecule has 0 heterocycles. The molecule has 0 fully saturated rings. The number of carboxylic acids is 1. The molecule has 0 saturated carbocycles. The van der Waals surface area contributed by atoms with Crippen LogP contribution in [-0.4, -0.2) is 29.7 Å². The minimum atomic E-state index is -1.97. The predicted octanol–water partition coefficient (Wildman–Crippen LogP) is -1.52. The monoisotopic (exact) mass is 193 g/mol. The van der Waals surface area contributed by atoms with E-state index in [1.807, 2.05) is 0 Å². The number of ether oxygens (including phenoxy) is 1. The first-order valence-electron chi connectivity index (χ1n) is 3.06. The first-order valence-corrected chi connectivity index (χ1v) is 3.50. The zero-order valence-corrected chi connectivity index (χ0v) is 6.96. The van der Waals surface area contributed by atoms with Gasteiger partial charge in [0.15, 0.2) is 0 Å². The Hall–Kier alpha value is -1.10. The highest BCUT2D eigenvalue weighted by Crippen LogP contribution is 1.97. The first kappa shape index (κ1) is 10.9. The van der Waals surface area contributed by atoms with Crippen LogP contribution in [0.2, 0.25) is 0 Å². The van der Waals surface area contributed by atoms with Gasteiger partial charge in [0.1, 0.15) is 5.38 Å². The van der Waals surface area contributed by atoms with Crippen LogP contribution < -0.4 is 5.11 Å². The summed E-state index contributed by atoms with van der Waals surface area (Å²) < 4.78 is 4.21. The molecule has 0 bridgehead atoms. The second-order valence-electron chi connectivity index (χ2n) is 1.77. The average Bonchev–Trinajstić information content (AvgIpc) is 2.02. The van der Waals surface area contributed by atoms with Gasteiger partial charge in [-0.05, 0) is 6.92 Å². The van der Waals surface area contributed by atoms with E-state index < -0.39 is 23.1 Å². The van der Waals surface area contributed by atoms with E-state index in [4.69, 9.17) is 11.6 Å². The van der Waals surface area contributed by atoms with Crippen molar-refractivity contribution in [3.63, 3.8) is 0 Å². The third kappa shape index (κ3) is 2.87. The summed E-state index contributed by atoms with van der Waals surface area (Å²) in [5, 5.41) is 8.01. The Morgan fingerprint density at radius 2 is 2.00 bits per heavy atom. The van der Waals surface area contributed by atoms with Gasteiger partial charge in [-0.1, -0.05) is 0 Å². The molecule has 68 valence electrons. The largest absolute Gasteiger partial charge is 0.548 e. The van der Waals surface area contributed by atoms with Crippen LogP contribution >= 0.6 is 11.6 Å². The van der Waals surface area contributed by atoms with E-state index in [0.29, 0.717) is 0 Å². The summed E-state index contributed by atoms with van der Waals surface area (Å²) in [5.74, 6) is -4.39. The fraction of sp³-hybridized carbons (Fsp3) is 0.500. The lowest BCUT2D eigenvalue weighted by Crippen LogP contribution is -2.41. The van der Waals surface area contributed by atoms with E-state index in [-0.39, 0.29) is 6.61 Å². The highest BCUT2D eigenvalue weighted by molar-refractivity contribution is 6.53. The van der Waals surface area contributed by atoms with E-state index in [1.165, 1.54) is 6.92 Å². The molecule has 0 saturated heterocycles. The molecule has 0 aliphatic rings. The number of alkyl halides is 1. The van der Waals surface area contributed by atoms with Gasteiger partial charge in [0, 0.05) is 0 Å². The van der Waals surface area contributed by atoms with E-state index in [0.717, 1.165) is 0 Å². The van der Waals surface area contributed by atoms with Gasteiger partial charge in [-0.25, -0.2) is 4.79 Å². The van der Waals surface area contributed by atoms with Gasteiger partial charge in [-0.3, -0.25) is 4.79 Å². The van der Waals surface area contributed by atoms with Gasteiger partial charge < -0.3 is 14.6 Å². The fourth-order valence-electron chi connectivity index (χ4n) is 0.413. The van der Waals surface area contributed by atoms with Gasteiger partial charge in [-0.2, -0.15) is 0 Å². The number of halogens is 1. The van der Waals surface area contributed by atoms with Crippen LogP contribution in [0.3, 0.4) is 0 Å². The highest BCUT2D eigenvalue weighted by Gasteiger charge is 2.25. The van der Waals surface area contributed by atoms with Crippen molar-refractivity contribution in [2.75, 3.05) is 6.61 Å². The number of Topliss-reactive ketones (excluding diaryl/α,β-unsaturated/α-hetero) is 1. The Morgan fingerprint density at radius 3 is 2.33 bits per heavy atom. The fourth-order valence-corrected chi connectivity index (χ4v) is 0.502. The topological polar surface area (TPSA) is 83.5 Å². The molecule has 0 radical (unpaired) electrons. The molecule has 5 nitrogen and oxygen atoms in total. The molecule has 0 aromatic carbocycles. The molecule has 0 N–H and O–H groups in total. The van der Waals surface area contributed by atoms with Crippen molar-refractivity contribution in [3.05, 3.63) is 0 Å². The van der Waals surface area contributed by atoms with Crippen molar-refractivity contribution in [3.8, 4) is 0 Å². The number of rotatable bonds is 4. The van der Waals surface area contributed by atoms with Crippen molar-refractivity contribution < 1.29 is 24.2 Å². The van der Waals surface area contributed by atoms with Crippen molar-refractivity contribution in [1.29, 1.82) is 0 Å². The molecular weight excluding hydrogens is 188 g/mol. The van der Waals surface area contributed by atoms with Gasteiger partial charge in [0.2, 0.25) is 0 Å². The van der Waals surface area contributed by atoms with Crippen molar-refractivity contribution in [2.45, 2.75) is 12.3 Å². The van der Waals surface area contributed by atoms with E-state index in [2.05, 4.69) is 4.74 Å². The quantitative estimate of drug-likeness (QED) is 0.234. The van der Waals surface area contributed by atoms with E-state index >= 15 is 0 Å². The van der Waals surface area contributed by atoms with Gasteiger partial charge in [0.05, 0.1) is 12.6 Å². The third-order valence-corrected chi connectivity index (χ3v) is 1.29. The molecular formula is C6H6ClO5-. The standard InChI is InChI=1S/C6H7ClO5/c1-2-12-6(11)4(8)3(7)5(9)10/h3H,2H2,1H3,(H,9,10)/p-1. The average molecular weight is 194 g/mol. The lowest BCUT2D eigenvalue weighted by atomic mass is 10.3. The number of hydrogen-bond acceptors (Lipinski definition) is 5. The third-order valence-electron chi connectivity index (χ3n) is 0.914. The van der Waals surface area contributed by atoms with Crippen LogP contribution in [0.5, 0.6) is 0 Å². The second kappa shape index (κ2) is 4.71. The number of hydrogen-bond donors (Lipinski definition) is 0. The molecule has 1 atom stereocenters. The number of carbonyl (C=O) groups excluding carboxylic acids is 3. The normalized spacial score (nSPS) is 11.8. The van der Waals surface area contributed by atoms with Crippen molar-refractivity contribution >= 4 is 29.3 Å². The molecule has 0 spiro atoms. The van der Waals surface area contributed by atoms with Gasteiger partial charge in [0.25, 0.3) is 5.78 Å². The summed E-state index contributed by atoms with van der Waals surface area (Å²) in [6.07, 6.45) is 0. The summed E-state index contributed by atoms with van der Waals surface area (Å²) in [4.78, 5) is 31.2. The van der Waals surface area contributed by atoms with Crippen LogP contribution in [0.4, 0.5) is 0 Å². The Morgan fingerprint density at radius 1 is 1.50 bits per heavy atom. The Labute approximate surface area is 73.3 Å². The minimum Gasteiger partial charge on any atom is -0.548 e. The summed E-state index contributed by atoms with van der Waals surface area (Å²) in [7, 11) is 0. The second-order valence-corrected chi connectivity index (χ2v) is 2.20. The van der Waals surface area contributed by atoms with Gasteiger partial charge >= 0.3 is 5.97 Å². The Balaban J connectivity index is 4.19. The Kier molecular flexibility index (Phi) is 4.28. The van der Waals surface area contributed by atoms with E-state index in [9.17, 15) is 19.5 Å². The maximum absolute atomic E-state index is 10.6. The summed E-state index contributed by atoms with van der Waals surface area (Å²) in [6, 6.07) is 0. The SMILES string of the molecule is CCOC(=O)C(=O)C(Cl)C(=O)[O-]. The van der Waals surface area contributed by atoms with E-state index in [1.54, 1.807) is 0 Å². The number of ketones is 1.